The minimum Gasteiger partial charge on any atom is -0.348 e. The van der Waals surface area contributed by atoms with E-state index in [0.29, 0.717) is 5.57 Å². The van der Waals surface area contributed by atoms with Gasteiger partial charge in [-0.1, -0.05) is 27.4 Å². The SMILES string of the molecule is C=C(C)C(=O)NC(CC)C(Cl)(CC)CC.N. The molecule has 1 amide bonds. The molecule has 0 aromatic carbocycles. The molecule has 3 nitrogen and oxygen atoms in total. The first-order chi connectivity index (χ1) is 6.91. The molecular weight excluding hydrogens is 224 g/mol. The summed E-state index contributed by atoms with van der Waals surface area (Å²) in [6, 6.07) is 0.0124. The Bertz CT molecular complexity index is 237. The van der Waals surface area contributed by atoms with Crippen molar-refractivity contribution >= 4 is 17.5 Å². The minimum atomic E-state index is -0.333. The van der Waals surface area contributed by atoms with Gasteiger partial charge in [-0.15, -0.1) is 11.6 Å². The molecule has 4 heteroatoms. The average molecular weight is 249 g/mol. The van der Waals surface area contributed by atoms with E-state index in [-0.39, 0.29) is 23.0 Å². The normalized spacial score (nSPS) is 12.6. The Morgan fingerprint density at radius 2 is 1.81 bits per heavy atom. The van der Waals surface area contributed by atoms with Crippen LogP contribution in [0.15, 0.2) is 12.2 Å². The Hall–Kier alpha value is -0.540. The predicted octanol–water partition coefficient (Wildman–Crippen LogP) is 3.42. The average Bonchev–Trinajstić information content (AvgIpc) is 2.24. The third kappa shape index (κ3) is 4.54. The molecule has 0 aliphatic carbocycles. The number of nitrogens with one attached hydrogen (secondary N) is 1. The highest BCUT2D eigenvalue weighted by Crippen LogP contribution is 2.29. The topological polar surface area (TPSA) is 64.1 Å². The number of hydrogen-bond acceptors (Lipinski definition) is 2. The van der Waals surface area contributed by atoms with Gasteiger partial charge < -0.3 is 11.5 Å². The molecule has 96 valence electrons. The van der Waals surface area contributed by atoms with Crippen molar-refractivity contribution in [2.45, 2.75) is 57.9 Å². The summed E-state index contributed by atoms with van der Waals surface area (Å²) >= 11 is 6.48. The smallest absolute Gasteiger partial charge is 0.246 e. The summed E-state index contributed by atoms with van der Waals surface area (Å²) in [4.78, 5) is 11.2. The maximum absolute atomic E-state index is 11.5. The van der Waals surface area contributed by atoms with Gasteiger partial charge in [0.15, 0.2) is 0 Å². The molecule has 0 saturated heterocycles. The van der Waals surface area contributed by atoms with Gasteiger partial charge in [-0.3, -0.25) is 4.79 Å². The van der Waals surface area contributed by atoms with Crippen LogP contribution in [0.2, 0.25) is 0 Å². The van der Waals surface area contributed by atoms with Crippen LogP contribution in [0.5, 0.6) is 0 Å². The largest absolute Gasteiger partial charge is 0.348 e. The monoisotopic (exact) mass is 248 g/mol. The first-order valence-corrected chi connectivity index (χ1v) is 5.94. The van der Waals surface area contributed by atoms with Crippen LogP contribution in [0.1, 0.15) is 47.0 Å². The quantitative estimate of drug-likeness (QED) is 0.559. The van der Waals surface area contributed by atoms with Crippen molar-refractivity contribution in [3.8, 4) is 0 Å². The zero-order valence-electron chi connectivity index (χ0n) is 10.9. The van der Waals surface area contributed by atoms with Gasteiger partial charge >= 0.3 is 0 Å². The van der Waals surface area contributed by atoms with Crippen LogP contribution in [0, 0.1) is 0 Å². The maximum atomic E-state index is 11.5. The molecular formula is C12H25ClN2O. The molecule has 0 aliphatic heterocycles. The molecule has 4 N–H and O–H groups in total. The molecule has 0 aromatic heterocycles. The van der Waals surface area contributed by atoms with Crippen LogP contribution in [0.25, 0.3) is 0 Å². The number of amides is 1. The first-order valence-electron chi connectivity index (χ1n) is 5.56. The van der Waals surface area contributed by atoms with E-state index in [2.05, 4.69) is 11.9 Å². The number of rotatable bonds is 6. The summed E-state index contributed by atoms with van der Waals surface area (Å²) in [6.07, 6.45) is 2.53. The fourth-order valence-corrected chi connectivity index (χ4v) is 1.83. The molecule has 1 atom stereocenters. The van der Waals surface area contributed by atoms with Crippen molar-refractivity contribution in [2.24, 2.45) is 0 Å². The van der Waals surface area contributed by atoms with Crippen LogP contribution in [-0.4, -0.2) is 16.8 Å². The van der Waals surface area contributed by atoms with E-state index in [4.69, 9.17) is 11.6 Å². The summed E-state index contributed by atoms with van der Waals surface area (Å²) in [6.45, 7) is 11.5. The molecule has 0 aromatic rings. The standard InChI is InChI=1S/C12H22ClNO.H3N/c1-6-10(12(13,7-2)8-3)14-11(15)9(4)5;/h10H,4,6-8H2,1-3,5H3,(H,14,15);1H3. The minimum absolute atomic E-state index is 0. The Balaban J connectivity index is 0. The van der Waals surface area contributed by atoms with E-state index in [0.717, 1.165) is 19.3 Å². The lowest BCUT2D eigenvalue weighted by atomic mass is 9.91. The van der Waals surface area contributed by atoms with E-state index in [9.17, 15) is 4.79 Å². The molecule has 0 spiro atoms. The number of alkyl halides is 1. The molecule has 0 radical (unpaired) electrons. The highest BCUT2D eigenvalue weighted by atomic mass is 35.5. The molecule has 0 saturated carbocycles. The van der Waals surface area contributed by atoms with Gasteiger partial charge in [0.1, 0.15) is 0 Å². The summed E-state index contributed by atoms with van der Waals surface area (Å²) in [7, 11) is 0. The summed E-state index contributed by atoms with van der Waals surface area (Å²) in [5.74, 6) is -0.103. The molecule has 1 unspecified atom stereocenters. The molecule has 0 bridgehead atoms. The predicted molar refractivity (Wildman–Crippen MR) is 71.2 cm³/mol. The fourth-order valence-electron chi connectivity index (χ4n) is 1.62. The Kier molecular flexibility index (Phi) is 8.57. The Morgan fingerprint density at radius 1 is 1.38 bits per heavy atom. The maximum Gasteiger partial charge on any atom is 0.246 e. The van der Waals surface area contributed by atoms with Crippen molar-refractivity contribution in [3.05, 3.63) is 12.2 Å². The highest BCUT2D eigenvalue weighted by molar-refractivity contribution is 6.24. The second-order valence-electron chi connectivity index (χ2n) is 3.96. The van der Waals surface area contributed by atoms with E-state index >= 15 is 0 Å². The van der Waals surface area contributed by atoms with Crippen LogP contribution in [0.4, 0.5) is 0 Å². The highest BCUT2D eigenvalue weighted by Gasteiger charge is 2.33. The lowest BCUT2D eigenvalue weighted by molar-refractivity contribution is -0.118. The summed E-state index contributed by atoms with van der Waals surface area (Å²) in [5.41, 5.74) is 0.527. The Morgan fingerprint density at radius 3 is 2.06 bits per heavy atom. The first kappa shape index (κ1) is 17.8. The molecule has 0 heterocycles. The molecule has 0 rings (SSSR count). The number of carbonyl (C=O) groups is 1. The number of carbonyl (C=O) groups excluding carboxylic acids is 1. The van der Waals surface area contributed by atoms with Crippen molar-refractivity contribution < 1.29 is 4.79 Å². The van der Waals surface area contributed by atoms with E-state index in [1.165, 1.54) is 0 Å². The van der Waals surface area contributed by atoms with Gasteiger partial charge in [-0.2, -0.15) is 0 Å². The third-order valence-electron chi connectivity index (χ3n) is 2.90. The van der Waals surface area contributed by atoms with Crippen molar-refractivity contribution in [2.75, 3.05) is 0 Å². The van der Waals surface area contributed by atoms with Crippen LogP contribution in [-0.2, 0) is 4.79 Å². The Labute approximate surface area is 104 Å². The second kappa shape index (κ2) is 7.69. The van der Waals surface area contributed by atoms with E-state index in [1.54, 1.807) is 6.92 Å². The van der Waals surface area contributed by atoms with Crippen molar-refractivity contribution in [3.63, 3.8) is 0 Å². The van der Waals surface area contributed by atoms with Gasteiger partial charge in [0.05, 0.1) is 4.87 Å². The zero-order valence-corrected chi connectivity index (χ0v) is 11.7. The van der Waals surface area contributed by atoms with E-state index < -0.39 is 0 Å². The fraction of sp³-hybridized carbons (Fsp3) is 0.750. The van der Waals surface area contributed by atoms with Gasteiger partial charge in [0.2, 0.25) is 5.91 Å². The van der Waals surface area contributed by atoms with Gasteiger partial charge in [0.25, 0.3) is 0 Å². The van der Waals surface area contributed by atoms with E-state index in [1.807, 2.05) is 20.8 Å². The molecule has 16 heavy (non-hydrogen) atoms. The summed E-state index contributed by atoms with van der Waals surface area (Å²) in [5, 5.41) is 2.94. The lowest BCUT2D eigenvalue weighted by Gasteiger charge is -2.34. The van der Waals surface area contributed by atoms with Crippen LogP contribution >= 0.6 is 11.6 Å². The van der Waals surface area contributed by atoms with Crippen molar-refractivity contribution in [1.82, 2.24) is 11.5 Å². The number of halogens is 1. The van der Waals surface area contributed by atoms with Crippen molar-refractivity contribution in [1.29, 1.82) is 0 Å². The number of hydrogen-bond donors (Lipinski definition) is 2. The molecule has 0 aliphatic rings. The van der Waals surface area contributed by atoms with Gasteiger partial charge in [-0.25, -0.2) is 0 Å². The zero-order chi connectivity index (χ0) is 12.1. The van der Waals surface area contributed by atoms with Crippen LogP contribution < -0.4 is 11.5 Å². The molecule has 0 fully saturated rings. The van der Waals surface area contributed by atoms with Gasteiger partial charge in [0, 0.05) is 11.6 Å². The third-order valence-corrected chi connectivity index (χ3v) is 3.70. The lowest BCUT2D eigenvalue weighted by Crippen LogP contribution is -2.48. The van der Waals surface area contributed by atoms with Crippen LogP contribution in [0.3, 0.4) is 0 Å². The second-order valence-corrected chi connectivity index (χ2v) is 4.71. The summed E-state index contributed by atoms with van der Waals surface area (Å²) < 4.78 is 0. The van der Waals surface area contributed by atoms with Gasteiger partial charge in [-0.05, 0) is 26.2 Å².